The van der Waals surface area contributed by atoms with Crippen molar-refractivity contribution in [1.29, 1.82) is 0 Å². The van der Waals surface area contributed by atoms with Crippen molar-refractivity contribution in [2.75, 3.05) is 63.9 Å². The number of ether oxygens (including phenoxy) is 1. The second-order valence-corrected chi connectivity index (χ2v) is 12.5. The highest BCUT2D eigenvalue weighted by molar-refractivity contribution is 6.03. The number of alkyl halides is 3. The highest BCUT2D eigenvalue weighted by Gasteiger charge is 2.48. The highest BCUT2D eigenvalue weighted by Crippen LogP contribution is 2.44. The number of nitrogens with zero attached hydrogens (tertiary/aromatic N) is 6. The van der Waals surface area contributed by atoms with Crippen LogP contribution in [0.15, 0.2) is 36.9 Å². The lowest BCUT2D eigenvalue weighted by molar-refractivity contribution is -0.253. The van der Waals surface area contributed by atoms with E-state index in [1.807, 2.05) is 23.6 Å². The molecule has 1 aromatic heterocycles. The Labute approximate surface area is 257 Å². The fourth-order valence-corrected chi connectivity index (χ4v) is 6.97. The van der Waals surface area contributed by atoms with Gasteiger partial charge in [0.25, 0.3) is 5.91 Å². The monoisotopic (exact) mass is 634 g/mol. The summed E-state index contributed by atoms with van der Waals surface area (Å²) < 4.78 is 77.3. The average Bonchev–Trinajstić information content (AvgIpc) is 3.25. The summed E-state index contributed by atoms with van der Waals surface area (Å²) in [5, 5.41) is 0. The summed E-state index contributed by atoms with van der Waals surface area (Å²) in [6.45, 7) is 8.30. The summed E-state index contributed by atoms with van der Waals surface area (Å²) in [6, 6.07) is 4.88. The van der Waals surface area contributed by atoms with Gasteiger partial charge in [0.15, 0.2) is 11.6 Å². The third kappa shape index (κ3) is 5.62. The third-order valence-corrected chi connectivity index (χ3v) is 9.37. The van der Waals surface area contributed by atoms with E-state index in [2.05, 4.69) is 11.6 Å². The zero-order valence-corrected chi connectivity index (χ0v) is 25.1. The smallest absolute Gasteiger partial charge is 0.460 e. The van der Waals surface area contributed by atoms with E-state index in [1.54, 1.807) is 15.9 Å². The molecule has 4 aliphatic heterocycles. The van der Waals surface area contributed by atoms with Gasteiger partial charge in [0.1, 0.15) is 29.5 Å². The molecule has 3 saturated heterocycles. The Kier molecular flexibility index (Phi) is 8.00. The molecule has 4 aliphatic rings. The van der Waals surface area contributed by atoms with Gasteiger partial charge >= 0.3 is 6.30 Å². The van der Waals surface area contributed by atoms with Gasteiger partial charge in [-0.25, -0.2) is 18.7 Å². The van der Waals surface area contributed by atoms with Crippen LogP contribution < -0.4 is 9.64 Å². The molecule has 2 atom stereocenters. The standard InChI is InChI=1S/C31H35F5N6O3/c1-4-23(43)39-11-14-41-20(16-39)18-45-27-24(29(41)44)28(37-26(25(27)33)21-7-5-6-8-22(21)32)42-17-19(15-30(42,2)3)38-9-12-40(13-10-38)31(34,35)36/h4-8,19-20H,1,9-18H2,2-3H3. The molecule has 9 nitrogen and oxygen atoms in total. The number of amides is 2. The summed E-state index contributed by atoms with van der Waals surface area (Å²) in [5.74, 6) is -2.69. The van der Waals surface area contributed by atoms with E-state index in [9.17, 15) is 22.8 Å². The summed E-state index contributed by atoms with van der Waals surface area (Å²) in [4.78, 5) is 38.7. The lowest BCUT2D eigenvalue weighted by Crippen LogP contribution is -2.57. The lowest BCUT2D eigenvalue weighted by Gasteiger charge is -2.40. The number of hydrogen-bond donors (Lipinski definition) is 0. The van der Waals surface area contributed by atoms with E-state index < -0.39 is 35.4 Å². The van der Waals surface area contributed by atoms with Crippen LogP contribution >= 0.6 is 0 Å². The molecule has 6 rings (SSSR count). The Morgan fingerprint density at radius 2 is 1.76 bits per heavy atom. The Morgan fingerprint density at radius 1 is 1.04 bits per heavy atom. The Hall–Kier alpha value is -3.78. The maximum absolute atomic E-state index is 16.3. The molecule has 0 spiro atoms. The molecule has 5 heterocycles. The molecule has 0 saturated carbocycles. The highest BCUT2D eigenvalue weighted by atomic mass is 19.4. The van der Waals surface area contributed by atoms with Gasteiger partial charge in [-0.3, -0.25) is 14.5 Å². The first-order valence-electron chi connectivity index (χ1n) is 15.0. The summed E-state index contributed by atoms with van der Waals surface area (Å²) in [7, 11) is 0. The molecule has 14 heteroatoms. The lowest BCUT2D eigenvalue weighted by atomic mass is 9.98. The minimum Gasteiger partial charge on any atom is -0.487 e. The molecule has 3 fully saturated rings. The van der Waals surface area contributed by atoms with E-state index in [0.717, 1.165) is 0 Å². The van der Waals surface area contributed by atoms with Gasteiger partial charge in [0.2, 0.25) is 5.91 Å². The first-order chi connectivity index (χ1) is 21.3. The predicted octanol–water partition coefficient (Wildman–Crippen LogP) is 3.75. The fraction of sp³-hybridized carbons (Fsp3) is 0.516. The SMILES string of the molecule is C=CC(=O)N1CCN2C(=O)c3c(N4CC(N5CCN(C(F)(F)F)CC5)CC4(C)C)nc(-c4ccccc4F)c(F)c3OCC2C1. The molecule has 1 aromatic carbocycles. The number of carbonyl (C=O) groups excluding carboxylic acids is 2. The van der Waals surface area contributed by atoms with Gasteiger partial charge in [0, 0.05) is 69.5 Å². The fourth-order valence-electron chi connectivity index (χ4n) is 6.97. The zero-order valence-electron chi connectivity index (χ0n) is 25.1. The van der Waals surface area contributed by atoms with Crippen LogP contribution in [0.3, 0.4) is 0 Å². The number of halogens is 5. The molecule has 2 amide bonds. The van der Waals surface area contributed by atoms with Gasteiger partial charge in [0.05, 0.1) is 6.04 Å². The quantitative estimate of drug-likeness (QED) is 0.288. The van der Waals surface area contributed by atoms with Crippen molar-refractivity contribution in [3.63, 3.8) is 0 Å². The van der Waals surface area contributed by atoms with Crippen molar-refractivity contribution in [2.24, 2.45) is 0 Å². The normalized spacial score (nSPS) is 24.2. The van der Waals surface area contributed by atoms with E-state index in [0.29, 0.717) is 17.9 Å². The van der Waals surface area contributed by atoms with Crippen LogP contribution in [-0.2, 0) is 4.79 Å². The minimum absolute atomic E-state index is 0.0887. The van der Waals surface area contributed by atoms with E-state index >= 15 is 8.78 Å². The predicted molar refractivity (Wildman–Crippen MR) is 156 cm³/mol. The second-order valence-electron chi connectivity index (χ2n) is 12.5. The third-order valence-electron chi connectivity index (χ3n) is 9.37. The summed E-state index contributed by atoms with van der Waals surface area (Å²) in [6.07, 6.45) is -2.66. The summed E-state index contributed by atoms with van der Waals surface area (Å²) >= 11 is 0. The van der Waals surface area contributed by atoms with Gasteiger partial charge in [-0.2, -0.15) is 13.2 Å². The van der Waals surface area contributed by atoms with Gasteiger partial charge in [-0.05, 0) is 38.5 Å². The van der Waals surface area contributed by atoms with Crippen molar-refractivity contribution < 1.29 is 36.3 Å². The van der Waals surface area contributed by atoms with Crippen LogP contribution in [-0.4, -0.2) is 119 Å². The topological polar surface area (TPSA) is 72.5 Å². The number of pyridine rings is 1. The number of hydrogen-bond acceptors (Lipinski definition) is 7. The molecule has 2 unspecified atom stereocenters. The van der Waals surface area contributed by atoms with E-state index in [-0.39, 0.29) is 92.8 Å². The number of carbonyl (C=O) groups is 2. The van der Waals surface area contributed by atoms with Crippen LogP contribution in [0, 0.1) is 11.6 Å². The van der Waals surface area contributed by atoms with Gasteiger partial charge in [-0.15, -0.1) is 0 Å². The zero-order chi connectivity index (χ0) is 32.3. The number of benzene rings is 1. The van der Waals surface area contributed by atoms with Crippen LogP contribution in [0.25, 0.3) is 11.3 Å². The van der Waals surface area contributed by atoms with Crippen LogP contribution in [0.5, 0.6) is 5.75 Å². The second kappa shape index (κ2) is 11.5. The number of aromatic nitrogens is 1. The maximum atomic E-state index is 16.3. The van der Waals surface area contributed by atoms with Crippen molar-refractivity contribution in [2.45, 2.75) is 44.2 Å². The van der Waals surface area contributed by atoms with Gasteiger partial charge in [-0.1, -0.05) is 18.7 Å². The molecule has 2 aromatic rings. The largest absolute Gasteiger partial charge is 0.487 e. The number of rotatable bonds is 4. The van der Waals surface area contributed by atoms with Crippen molar-refractivity contribution in [3.8, 4) is 17.0 Å². The van der Waals surface area contributed by atoms with E-state index in [1.165, 1.54) is 24.3 Å². The molecule has 0 aliphatic carbocycles. The molecule has 0 radical (unpaired) electrons. The van der Waals surface area contributed by atoms with Crippen LogP contribution in [0.2, 0.25) is 0 Å². The Bertz CT molecular complexity index is 1510. The van der Waals surface area contributed by atoms with Crippen LogP contribution in [0.1, 0.15) is 30.6 Å². The molecule has 0 N–H and O–H groups in total. The first kappa shape index (κ1) is 31.2. The maximum Gasteiger partial charge on any atom is 0.460 e. The van der Waals surface area contributed by atoms with Crippen molar-refractivity contribution >= 4 is 17.6 Å². The van der Waals surface area contributed by atoms with Crippen LogP contribution in [0.4, 0.5) is 27.8 Å². The minimum atomic E-state index is -4.39. The van der Waals surface area contributed by atoms with E-state index in [4.69, 9.17) is 4.74 Å². The number of piperazine rings is 2. The first-order valence-corrected chi connectivity index (χ1v) is 15.0. The molecule has 242 valence electrons. The Morgan fingerprint density at radius 3 is 2.42 bits per heavy atom. The molecular weight excluding hydrogens is 599 g/mol. The summed E-state index contributed by atoms with van der Waals surface area (Å²) in [5.41, 5.74) is -1.15. The molecule has 45 heavy (non-hydrogen) atoms. The Balaban J connectivity index is 1.40. The number of fused-ring (bicyclic) bond motifs is 2. The molecular formula is C31H35F5N6O3. The van der Waals surface area contributed by atoms with Crippen molar-refractivity contribution in [1.82, 2.24) is 24.6 Å². The average molecular weight is 635 g/mol. The van der Waals surface area contributed by atoms with Gasteiger partial charge < -0.3 is 19.4 Å². The number of anilines is 1. The molecule has 0 bridgehead atoms. The van der Waals surface area contributed by atoms with Crippen molar-refractivity contribution in [3.05, 3.63) is 54.1 Å².